The first-order chi connectivity index (χ1) is 8.22. The van der Waals surface area contributed by atoms with Gasteiger partial charge >= 0.3 is 0 Å². The average molecular weight is 267 g/mol. The number of halogens is 1. The summed E-state index contributed by atoms with van der Waals surface area (Å²) in [5, 5.41) is 7.18. The first-order valence-corrected chi connectivity index (χ1v) is 6.92. The average Bonchev–Trinajstić information content (AvgIpc) is 2.79. The van der Waals surface area contributed by atoms with E-state index < -0.39 is 0 Å². The molecule has 2 rings (SSSR count). The van der Waals surface area contributed by atoms with Crippen molar-refractivity contribution in [2.45, 2.75) is 19.9 Å². The molecule has 0 aliphatic rings. The van der Waals surface area contributed by atoms with Crippen molar-refractivity contribution in [1.29, 1.82) is 0 Å². The van der Waals surface area contributed by atoms with Crippen LogP contribution in [0.15, 0.2) is 29.6 Å². The molecule has 0 aliphatic carbocycles. The number of benzene rings is 1. The van der Waals surface area contributed by atoms with Gasteiger partial charge in [0, 0.05) is 17.0 Å². The van der Waals surface area contributed by atoms with Crippen molar-refractivity contribution in [2.24, 2.45) is 0 Å². The number of nitrogens with one attached hydrogen (secondary N) is 1. The lowest BCUT2D eigenvalue weighted by atomic mass is 10.2. The molecule has 0 fully saturated rings. The fourth-order valence-corrected chi connectivity index (χ4v) is 2.89. The number of thiazole rings is 1. The molecule has 0 spiro atoms. The highest BCUT2D eigenvalue weighted by atomic mass is 35.5. The van der Waals surface area contributed by atoms with Gasteiger partial charge in [0.25, 0.3) is 0 Å². The molecule has 4 heteroatoms. The van der Waals surface area contributed by atoms with Gasteiger partial charge in [-0.15, -0.1) is 11.3 Å². The Morgan fingerprint density at radius 1 is 1.41 bits per heavy atom. The van der Waals surface area contributed by atoms with E-state index in [0.717, 1.165) is 27.8 Å². The monoisotopic (exact) mass is 266 g/mol. The van der Waals surface area contributed by atoms with Crippen LogP contribution >= 0.6 is 22.9 Å². The zero-order valence-corrected chi connectivity index (χ0v) is 11.5. The van der Waals surface area contributed by atoms with Crippen molar-refractivity contribution in [2.75, 3.05) is 6.54 Å². The predicted molar refractivity (Wildman–Crippen MR) is 74.7 cm³/mol. The molecule has 1 unspecified atom stereocenters. The fourth-order valence-electron chi connectivity index (χ4n) is 1.65. The SMILES string of the molecule is CCNC(C)c1csc(-c2ccccc2Cl)n1. The van der Waals surface area contributed by atoms with Crippen LogP contribution in [0.5, 0.6) is 0 Å². The van der Waals surface area contributed by atoms with Crippen molar-refractivity contribution < 1.29 is 0 Å². The van der Waals surface area contributed by atoms with Gasteiger partial charge in [0.05, 0.1) is 10.7 Å². The molecule has 0 amide bonds. The second-order valence-corrected chi connectivity index (χ2v) is 5.10. The Hall–Kier alpha value is -0.900. The van der Waals surface area contributed by atoms with Crippen molar-refractivity contribution in [3.05, 3.63) is 40.4 Å². The molecule has 0 radical (unpaired) electrons. The maximum Gasteiger partial charge on any atom is 0.125 e. The van der Waals surface area contributed by atoms with Gasteiger partial charge in [-0.05, 0) is 19.5 Å². The van der Waals surface area contributed by atoms with Crippen molar-refractivity contribution in [3.8, 4) is 10.6 Å². The number of aromatic nitrogens is 1. The van der Waals surface area contributed by atoms with Crippen LogP contribution in [0.4, 0.5) is 0 Å². The van der Waals surface area contributed by atoms with E-state index in [0.29, 0.717) is 0 Å². The molecule has 1 aromatic carbocycles. The van der Waals surface area contributed by atoms with E-state index >= 15 is 0 Å². The first kappa shape index (κ1) is 12.6. The Morgan fingerprint density at radius 2 is 2.18 bits per heavy atom. The maximum absolute atomic E-state index is 6.16. The fraction of sp³-hybridized carbons (Fsp3) is 0.308. The summed E-state index contributed by atoms with van der Waals surface area (Å²) in [5.74, 6) is 0. The second-order valence-electron chi connectivity index (χ2n) is 3.84. The third-order valence-corrected chi connectivity index (χ3v) is 3.80. The van der Waals surface area contributed by atoms with Crippen LogP contribution in [0, 0.1) is 0 Å². The van der Waals surface area contributed by atoms with E-state index in [9.17, 15) is 0 Å². The van der Waals surface area contributed by atoms with E-state index in [1.54, 1.807) is 11.3 Å². The third-order valence-electron chi connectivity index (χ3n) is 2.58. The molecule has 0 aliphatic heterocycles. The van der Waals surface area contributed by atoms with Gasteiger partial charge in [-0.25, -0.2) is 4.98 Å². The standard InChI is InChI=1S/C13H15ClN2S/c1-3-15-9(2)12-8-17-13(16-12)10-6-4-5-7-11(10)14/h4-9,15H,3H2,1-2H3. The summed E-state index contributed by atoms with van der Waals surface area (Å²) in [6, 6.07) is 8.10. The topological polar surface area (TPSA) is 24.9 Å². The molecular weight excluding hydrogens is 252 g/mol. The van der Waals surface area contributed by atoms with E-state index in [4.69, 9.17) is 11.6 Å². The van der Waals surface area contributed by atoms with E-state index in [1.807, 2.05) is 24.3 Å². The molecule has 0 saturated heterocycles. The van der Waals surface area contributed by atoms with E-state index in [1.165, 1.54) is 0 Å². The Balaban J connectivity index is 2.27. The van der Waals surface area contributed by atoms with E-state index in [2.05, 4.69) is 29.5 Å². The Bertz CT molecular complexity index is 496. The predicted octanol–water partition coefficient (Wildman–Crippen LogP) is 4.13. The Morgan fingerprint density at radius 3 is 2.88 bits per heavy atom. The molecule has 1 N–H and O–H groups in total. The van der Waals surface area contributed by atoms with E-state index in [-0.39, 0.29) is 6.04 Å². The van der Waals surface area contributed by atoms with Crippen LogP contribution in [0.2, 0.25) is 5.02 Å². The van der Waals surface area contributed by atoms with Gasteiger partial charge in [0.2, 0.25) is 0 Å². The van der Waals surface area contributed by atoms with Gasteiger partial charge in [-0.3, -0.25) is 0 Å². The number of hydrogen-bond donors (Lipinski definition) is 1. The quantitative estimate of drug-likeness (QED) is 0.900. The maximum atomic E-state index is 6.16. The van der Waals surface area contributed by atoms with Gasteiger partial charge in [-0.1, -0.05) is 36.7 Å². The van der Waals surface area contributed by atoms with Crippen LogP contribution in [0.25, 0.3) is 10.6 Å². The normalized spacial score (nSPS) is 12.6. The largest absolute Gasteiger partial charge is 0.309 e. The minimum Gasteiger partial charge on any atom is -0.309 e. The summed E-state index contributed by atoms with van der Waals surface area (Å²) in [4.78, 5) is 4.63. The van der Waals surface area contributed by atoms with Gasteiger partial charge < -0.3 is 5.32 Å². The van der Waals surface area contributed by atoms with Crippen LogP contribution in [0.3, 0.4) is 0 Å². The molecule has 2 nitrogen and oxygen atoms in total. The second kappa shape index (κ2) is 5.63. The lowest BCUT2D eigenvalue weighted by Crippen LogP contribution is -2.17. The van der Waals surface area contributed by atoms with Crippen LogP contribution in [0.1, 0.15) is 25.6 Å². The summed E-state index contributed by atoms with van der Waals surface area (Å²) in [6.07, 6.45) is 0. The molecule has 1 atom stereocenters. The Labute approximate surface area is 111 Å². The molecular formula is C13H15ClN2S. The highest BCUT2D eigenvalue weighted by Gasteiger charge is 2.11. The lowest BCUT2D eigenvalue weighted by Gasteiger charge is -2.08. The minimum absolute atomic E-state index is 0.285. The molecule has 0 saturated carbocycles. The summed E-state index contributed by atoms with van der Waals surface area (Å²) in [5.41, 5.74) is 2.08. The molecule has 1 heterocycles. The van der Waals surface area contributed by atoms with Gasteiger partial charge in [0.15, 0.2) is 0 Å². The number of rotatable bonds is 4. The van der Waals surface area contributed by atoms with Gasteiger partial charge in [-0.2, -0.15) is 0 Å². The van der Waals surface area contributed by atoms with Crippen molar-refractivity contribution >= 4 is 22.9 Å². The Kier molecular flexibility index (Phi) is 4.15. The zero-order valence-electron chi connectivity index (χ0n) is 9.90. The summed E-state index contributed by atoms with van der Waals surface area (Å²) in [6.45, 7) is 5.16. The number of hydrogen-bond acceptors (Lipinski definition) is 3. The summed E-state index contributed by atoms with van der Waals surface area (Å²) >= 11 is 7.80. The summed E-state index contributed by atoms with van der Waals surface area (Å²) < 4.78 is 0. The minimum atomic E-state index is 0.285. The van der Waals surface area contributed by atoms with Crippen molar-refractivity contribution in [3.63, 3.8) is 0 Å². The molecule has 2 aromatic rings. The highest BCUT2D eigenvalue weighted by molar-refractivity contribution is 7.13. The van der Waals surface area contributed by atoms with Gasteiger partial charge in [0.1, 0.15) is 5.01 Å². The van der Waals surface area contributed by atoms with Crippen LogP contribution in [-0.4, -0.2) is 11.5 Å². The number of nitrogens with zero attached hydrogens (tertiary/aromatic N) is 1. The first-order valence-electron chi connectivity index (χ1n) is 5.66. The summed E-state index contributed by atoms with van der Waals surface area (Å²) in [7, 11) is 0. The zero-order chi connectivity index (χ0) is 12.3. The van der Waals surface area contributed by atoms with Crippen molar-refractivity contribution in [1.82, 2.24) is 10.3 Å². The van der Waals surface area contributed by atoms with Crippen LogP contribution < -0.4 is 5.32 Å². The molecule has 0 bridgehead atoms. The molecule has 1 aromatic heterocycles. The smallest absolute Gasteiger partial charge is 0.125 e. The van der Waals surface area contributed by atoms with Crippen LogP contribution in [-0.2, 0) is 0 Å². The lowest BCUT2D eigenvalue weighted by molar-refractivity contribution is 0.587. The molecule has 17 heavy (non-hydrogen) atoms. The third kappa shape index (κ3) is 2.86. The molecule has 90 valence electrons. The highest BCUT2D eigenvalue weighted by Crippen LogP contribution is 2.31.